The molecule has 0 saturated heterocycles. The molecule has 1 rings (SSSR count). The molecular formula is C15H24O4. The van der Waals surface area contributed by atoms with Crippen LogP contribution in [-0.4, -0.2) is 26.4 Å². The first-order valence-corrected chi connectivity index (χ1v) is 6.82. The third-order valence-corrected chi connectivity index (χ3v) is 3.36. The van der Waals surface area contributed by atoms with Crippen molar-refractivity contribution in [2.45, 2.75) is 51.2 Å². The van der Waals surface area contributed by atoms with Crippen molar-refractivity contribution in [2.24, 2.45) is 0 Å². The Morgan fingerprint density at radius 1 is 1.21 bits per heavy atom. The van der Waals surface area contributed by atoms with E-state index in [0.717, 1.165) is 25.7 Å². The smallest absolute Gasteiger partial charge is 0.185 e. The zero-order valence-electron chi connectivity index (χ0n) is 12.1. The Morgan fingerprint density at radius 2 is 1.89 bits per heavy atom. The Kier molecular flexibility index (Phi) is 7.45. The van der Waals surface area contributed by atoms with Crippen LogP contribution in [0.15, 0.2) is 27.6 Å². The molecule has 0 aromatic carbocycles. The van der Waals surface area contributed by atoms with Crippen molar-refractivity contribution >= 4 is 0 Å². The van der Waals surface area contributed by atoms with Gasteiger partial charge in [0.05, 0.1) is 18.5 Å². The maximum absolute atomic E-state index is 11.2. The number of ether oxygens (including phenoxy) is 2. The minimum atomic E-state index is -0.0264. The first-order valence-electron chi connectivity index (χ1n) is 6.82. The van der Waals surface area contributed by atoms with Gasteiger partial charge in [-0.25, -0.2) is 0 Å². The van der Waals surface area contributed by atoms with Gasteiger partial charge in [-0.15, -0.1) is 0 Å². The van der Waals surface area contributed by atoms with Crippen LogP contribution < -0.4 is 5.43 Å². The number of methoxy groups -OCH3 is 2. The molecule has 0 amide bonds. The molecule has 1 aromatic heterocycles. The second-order valence-electron chi connectivity index (χ2n) is 4.69. The second-order valence-corrected chi connectivity index (χ2v) is 4.69. The van der Waals surface area contributed by atoms with Crippen molar-refractivity contribution in [3.8, 4) is 0 Å². The highest BCUT2D eigenvalue weighted by Crippen LogP contribution is 2.14. The normalized spacial score (nSPS) is 14.3. The fourth-order valence-electron chi connectivity index (χ4n) is 2.13. The Hall–Kier alpha value is -1.13. The number of hydrogen-bond donors (Lipinski definition) is 0. The van der Waals surface area contributed by atoms with Gasteiger partial charge in [-0.1, -0.05) is 6.92 Å². The van der Waals surface area contributed by atoms with Crippen molar-refractivity contribution in [3.05, 3.63) is 34.4 Å². The lowest BCUT2D eigenvalue weighted by Gasteiger charge is -2.17. The minimum absolute atomic E-state index is 0.0264. The van der Waals surface area contributed by atoms with Gasteiger partial charge in [-0.3, -0.25) is 4.79 Å². The van der Waals surface area contributed by atoms with Gasteiger partial charge < -0.3 is 13.9 Å². The molecule has 19 heavy (non-hydrogen) atoms. The van der Waals surface area contributed by atoms with E-state index in [1.54, 1.807) is 14.2 Å². The van der Waals surface area contributed by atoms with E-state index in [2.05, 4.69) is 6.92 Å². The average molecular weight is 268 g/mol. The molecule has 2 unspecified atom stereocenters. The highest BCUT2D eigenvalue weighted by Gasteiger charge is 2.12. The van der Waals surface area contributed by atoms with Crippen LogP contribution in [0.4, 0.5) is 0 Å². The molecule has 0 radical (unpaired) electrons. The summed E-state index contributed by atoms with van der Waals surface area (Å²) in [5.41, 5.74) is -0.0264. The molecule has 4 nitrogen and oxygen atoms in total. The van der Waals surface area contributed by atoms with Crippen molar-refractivity contribution in [2.75, 3.05) is 14.2 Å². The molecule has 4 heteroatoms. The highest BCUT2D eigenvalue weighted by atomic mass is 16.5. The first kappa shape index (κ1) is 15.9. The van der Waals surface area contributed by atoms with E-state index >= 15 is 0 Å². The number of rotatable bonds is 9. The molecule has 2 atom stereocenters. The van der Waals surface area contributed by atoms with E-state index in [9.17, 15) is 4.79 Å². The van der Waals surface area contributed by atoms with Crippen LogP contribution in [0.5, 0.6) is 0 Å². The van der Waals surface area contributed by atoms with Crippen molar-refractivity contribution in [3.63, 3.8) is 0 Å². The van der Waals surface area contributed by atoms with Crippen LogP contribution in [-0.2, 0) is 15.9 Å². The molecule has 0 fully saturated rings. The summed E-state index contributed by atoms with van der Waals surface area (Å²) in [4.78, 5) is 11.2. The van der Waals surface area contributed by atoms with Crippen molar-refractivity contribution in [1.29, 1.82) is 0 Å². The molecule has 0 bridgehead atoms. The van der Waals surface area contributed by atoms with Crippen LogP contribution in [0, 0.1) is 0 Å². The molecule has 0 N–H and O–H groups in total. The third kappa shape index (κ3) is 6.03. The molecule has 0 spiro atoms. The summed E-state index contributed by atoms with van der Waals surface area (Å²) in [5.74, 6) is 0.679. The van der Waals surface area contributed by atoms with Crippen LogP contribution in [0.2, 0.25) is 0 Å². The third-order valence-electron chi connectivity index (χ3n) is 3.36. The summed E-state index contributed by atoms with van der Waals surface area (Å²) < 4.78 is 16.1. The van der Waals surface area contributed by atoms with Gasteiger partial charge in [0.25, 0.3) is 0 Å². The summed E-state index contributed by atoms with van der Waals surface area (Å²) in [5, 5.41) is 0. The molecule has 0 aliphatic rings. The Bertz CT molecular complexity index is 395. The van der Waals surface area contributed by atoms with Gasteiger partial charge in [0.1, 0.15) is 5.76 Å². The van der Waals surface area contributed by atoms with E-state index in [1.165, 1.54) is 18.4 Å². The SMILES string of the molecule is CCC(CCCC(Cc1cc(=O)cco1)OC)OC. The van der Waals surface area contributed by atoms with E-state index in [1.807, 2.05) is 0 Å². The van der Waals surface area contributed by atoms with Crippen molar-refractivity contribution in [1.82, 2.24) is 0 Å². The summed E-state index contributed by atoms with van der Waals surface area (Å²) in [7, 11) is 3.44. The Balaban J connectivity index is 2.39. The van der Waals surface area contributed by atoms with Crippen LogP contribution in [0.1, 0.15) is 38.4 Å². The van der Waals surface area contributed by atoms with Gasteiger partial charge in [0, 0.05) is 32.8 Å². The Morgan fingerprint density at radius 3 is 2.47 bits per heavy atom. The molecule has 1 aromatic rings. The van der Waals surface area contributed by atoms with Gasteiger partial charge in [-0.2, -0.15) is 0 Å². The quantitative estimate of drug-likeness (QED) is 0.691. The van der Waals surface area contributed by atoms with Gasteiger partial charge in [0.15, 0.2) is 5.43 Å². The lowest BCUT2D eigenvalue weighted by atomic mass is 10.0. The first-order chi connectivity index (χ1) is 9.19. The summed E-state index contributed by atoms with van der Waals surface area (Å²) in [6, 6.07) is 2.94. The zero-order chi connectivity index (χ0) is 14.1. The molecular weight excluding hydrogens is 244 g/mol. The lowest BCUT2D eigenvalue weighted by Crippen LogP contribution is -2.17. The predicted molar refractivity (Wildman–Crippen MR) is 74.4 cm³/mol. The van der Waals surface area contributed by atoms with Crippen LogP contribution in [0.3, 0.4) is 0 Å². The topological polar surface area (TPSA) is 48.7 Å². The van der Waals surface area contributed by atoms with E-state index < -0.39 is 0 Å². The Labute approximate surface area is 114 Å². The van der Waals surface area contributed by atoms with Gasteiger partial charge in [0.2, 0.25) is 0 Å². The largest absolute Gasteiger partial charge is 0.469 e. The highest BCUT2D eigenvalue weighted by molar-refractivity contribution is 5.01. The standard InChI is InChI=1S/C15H24O4/c1-4-13(17-2)6-5-7-14(18-3)11-15-10-12(16)8-9-19-15/h8-10,13-14H,4-7,11H2,1-3H3. The van der Waals surface area contributed by atoms with E-state index in [4.69, 9.17) is 13.9 Å². The summed E-state index contributed by atoms with van der Waals surface area (Å²) in [6.45, 7) is 2.13. The lowest BCUT2D eigenvalue weighted by molar-refractivity contribution is 0.0678. The number of hydrogen-bond acceptors (Lipinski definition) is 4. The summed E-state index contributed by atoms with van der Waals surface area (Å²) in [6.07, 6.45) is 6.52. The second kappa shape index (κ2) is 8.88. The minimum Gasteiger partial charge on any atom is -0.469 e. The molecule has 108 valence electrons. The maximum Gasteiger partial charge on any atom is 0.185 e. The fraction of sp³-hybridized carbons (Fsp3) is 0.667. The summed E-state index contributed by atoms with van der Waals surface area (Å²) >= 11 is 0. The van der Waals surface area contributed by atoms with E-state index in [-0.39, 0.29) is 11.5 Å². The zero-order valence-corrected chi connectivity index (χ0v) is 12.1. The van der Waals surface area contributed by atoms with Gasteiger partial charge in [-0.05, 0) is 25.7 Å². The molecule has 0 saturated carbocycles. The fourth-order valence-corrected chi connectivity index (χ4v) is 2.13. The molecule has 1 heterocycles. The van der Waals surface area contributed by atoms with Crippen LogP contribution >= 0.6 is 0 Å². The van der Waals surface area contributed by atoms with Gasteiger partial charge >= 0.3 is 0 Å². The maximum atomic E-state index is 11.2. The monoisotopic (exact) mass is 268 g/mol. The predicted octanol–water partition coefficient (Wildman–Crippen LogP) is 2.79. The van der Waals surface area contributed by atoms with Crippen LogP contribution in [0.25, 0.3) is 0 Å². The van der Waals surface area contributed by atoms with Crippen molar-refractivity contribution < 1.29 is 13.9 Å². The van der Waals surface area contributed by atoms with E-state index in [0.29, 0.717) is 18.3 Å². The molecule has 0 aliphatic carbocycles. The molecule has 0 aliphatic heterocycles. The average Bonchev–Trinajstić information content (AvgIpc) is 2.42.